The van der Waals surface area contributed by atoms with Crippen LogP contribution in [0.5, 0.6) is 0 Å². The molecule has 4 heterocycles. The van der Waals surface area contributed by atoms with E-state index in [0.29, 0.717) is 29.8 Å². The van der Waals surface area contributed by atoms with Gasteiger partial charge < -0.3 is 25.4 Å². The molecule has 1 saturated heterocycles. The summed E-state index contributed by atoms with van der Waals surface area (Å²) in [5, 5.41) is 16.8. The molecule has 0 aliphatic carbocycles. The van der Waals surface area contributed by atoms with Gasteiger partial charge in [-0.15, -0.1) is 0 Å². The molecule has 0 saturated carbocycles. The van der Waals surface area contributed by atoms with Gasteiger partial charge in [0, 0.05) is 50.5 Å². The lowest BCUT2D eigenvalue weighted by molar-refractivity contribution is 0.0500. The number of fused-ring (bicyclic) bond motifs is 1. The van der Waals surface area contributed by atoms with E-state index in [4.69, 9.17) is 4.74 Å². The zero-order chi connectivity index (χ0) is 25.2. The van der Waals surface area contributed by atoms with E-state index in [1.54, 1.807) is 24.8 Å². The monoisotopic (exact) mass is 544 g/mol. The second-order valence-electron chi connectivity index (χ2n) is 9.49. The number of aromatic nitrogens is 3. The first-order chi connectivity index (χ1) is 16.6. The summed E-state index contributed by atoms with van der Waals surface area (Å²) in [5.41, 5.74) is 2.21. The Labute approximate surface area is 211 Å². The van der Waals surface area contributed by atoms with Crippen molar-refractivity contribution in [1.29, 1.82) is 0 Å². The first kappa shape index (κ1) is 24.8. The highest BCUT2D eigenvalue weighted by Gasteiger charge is 2.28. The van der Waals surface area contributed by atoms with Gasteiger partial charge in [-0.25, -0.2) is 19.1 Å². The van der Waals surface area contributed by atoms with E-state index in [-0.39, 0.29) is 6.04 Å². The molecule has 186 valence electrons. The first-order valence-corrected chi connectivity index (χ1v) is 12.2. The fourth-order valence-corrected chi connectivity index (χ4v) is 4.77. The highest BCUT2D eigenvalue weighted by molar-refractivity contribution is 9.10. The van der Waals surface area contributed by atoms with Crippen LogP contribution >= 0.6 is 15.9 Å². The molecule has 3 aromatic heterocycles. The van der Waals surface area contributed by atoms with Gasteiger partial charge in [0.05, 0.1) is 21.2 Å². The molecule has 1 aliphatic rings. The molecule has 0 radical (unpaired) electrons. The lowest BCUT2D eigenvalue weighted by Crippen LogP contribution is -2.49. The number of piperidine rings is 1. The molecule has 1 aliphatic heterocycles. The van der Waals surface area contributed by atoms with Crippen LogP contribution in [0.3, 0.4) is 0 Å². The molecular weight excluding hydrogens is 516 g/mol. The van der Waals surface area contributed by atoms with Gasteiger partial charge in [-0.3, -0.25) is 4.98 Å². The molecule has 0 spiro atoms. The summed E-state index contributed by atoms with van der Waals surface area (Å²) < 4.78 is 7.29. The van der Waals surface area contributed by atoms with Crippen LogP contribution in [0, 0.1) is 0 Å². The van der Waals surface area contributed by atoms with Gasteiger partial charge in [-0.05, 0) is 61.2 Å². The third-order valence-corrected chi connectivity index (χ3v) is 6.19. The summed E-state index contributed by atoms with van der Waals surface area (Å²) in [6.07, 6.45) is 6.75. The number of carbonyl (C=O) groups excluding carboxylic acids is 1. The SMILES string of the molecule is CC(C)(C)OC(=O)NC1CCCN(c2c(Br)cnc3c2c(NCc2cccnc2)cn3C(=O)O)C1. The van der Waals surface area contributed by atoms with Crippen LogP contribution in [-0.2, 0) is 11.3 Å². The van der Waals surface area contributed by atoms with Gasteiger partial charge >= 0.3 is 12.2 Å². The number of anilines is 2. The summed E-state index contributed by atoms with van der Waals surface area (Å²) in [6, 6.07) is 3.69. The predicted molar refractivity (Wildman–Crippen MR) is 137 cm³/mol. The number of carboxylic acid groups (broad SMARTS) is 1. The number of hydrogen-bond donors (Lipinski definition) is 3. The zero-order valence-electron chi connectivity index (χ0n) is 19.9. The molecule has 11 heteroatoms. The van der Waals surface area contributed by atoms with Gasteiger partial charge in [0.15, 0.2) is 5.65 Å². The number of hydrogen-bond acceptors (Lipinski definition) is 7. The van der Waals surface area contributed by atoms with E-state index >= 15 is 0 Å². The van der Waals surface area contributed by atoms with Crippen LogP contribution in [0.4, 0.5) is 21.0 Å². The smallest absolute Gasteiger partial charge is 0.417 e. The van der Waals surface area contributed by atoms with Crippen molar-refractivity contribution in [2.75, 3.05) is 23.3 Å². The molecule has 3 aromatic rings. The summed E-state index contributed by atoms with van der Waals surface area (Å²) in [5.74, 6) is 0. The van der Waals surface area contributed by atoms with Crippen molar-refractivity contribution in [2.45, 2.75) is 51.8 Å². The van der Waals surface area contributed by atoms with Crippen molar-refractivity contribution in [3.8, 4) is 0 Å². The third-order valence-electron chi connectivity index (χ3n) is 5.61. The van der Waals surface area contributed by atoms with Crippen LogP contribution < -0.4 is 15.5 Å². The Balaban J connectivity index is 1.66. The average molecular weight is 545 g/mol. The number of nitrogens with one attached hydrogen (secondary N) is 2. The number of halogens is 1. The maximum Gasteiger partial charge on any atom is 0.417 e. The fraction of sp³-hybridized carbons (Fsp3) is 0.417. The van der Waals surface area contributed by atoms with E-state index in [1.807, 2.05) is 32.9 Å². The maximum absolute atomic E-state index is 12.3. The number of amides is 1. The van der Waals surface area contributed by atoms with Gasteiger partial charge in [-0.2, -0.15) is 0 Å². The number of carbonyl (C=O) groups is 2. The largest absolute Gasteiger partial charge is 0.464 e. The zero-order valence-corrected chi connectivity index (χ0v) is 21.5. The van der Waals surface area contributed by atoms with Crippen LogP contribution in [0.25, 0.3) is 11.0 Å². The van der Waals surface area contributed by atoms with Crippen molar-refractivity contribution >= 4 is 50.5 Å². The molecular formula is C24H29BrN6O4. The Bertz CT molecular complexity index is 1220. The number of ether oxygens (including phenoxy) is 1. The summed E-state index contributed by atoms with van der Waals surface area (Å²) in [4.78, 5) is 35.0. The van der Waals surface area contributed by atoms with Crippen molar-refractivity contribution in [3.05, 3.63) is 47.0 Å². The number of nitrogens with zero attached hydrogens (tertiary/aromatic N) is 4. The molecule has 10 nitrogen and oxygen atoms in total. The van der Waals surface area contributed by atoms with Crippen LogP contribution in [0.1, 0.15) is 39.2 Å². The maximum atomic E-state index is 12.3. The number of alkyl carbamates (subject to hydrolysis) is 1. The minimum absolute atomic E-state index is 0.109. The minimum atomic E-state index is -1.12. The molecule has 4 rings (SSSR count). The average Bonchev–Trinajstić information content (AvgIpc) is 3.16. The Morgan fingerprint density at radius 2 is 2.11 bits per heavy atom. The Hall–Kier alpha value is -3.34. The Morgan fingerprint density at radius 3 is 2.80 bits per heavy atom. The van der Waals surface area contributed by atoms with E-state index in [2.05, 4.69) is 41.4 Å². The summed E-state index contributed by atoms with van der Waals surface area (Å²) in [6.45, 7) is 7.27. The van der Waals surface area contributed by atoms with Crippen molar-refractivity contribution < 1.29 is 19.4 Å². The van der Waals surface area contributed by atoms with Crippen molar-refractivity contribution in [3.63, 3.8) is 0 Å². The van der Waals surface area contributed by atoms with E-state index in [9.17, 15) is 14.7 Å². The van der Waals surface area contributed by atoms with Gasteiger partial charge in [-0.1, -0.05) is 6.07 Å². The second kappa shape index (κ2) is 10.1. The Morgan fingerprint density at radius 1 is 1.31 bits per heavy atom. The fourth-order valence-electron chi connectivity index (χ4n) is 4.22. The van der Waals surface area contributed by atoms with Crippen LogP contribution in [0.15, 0.2) is 41.4 Å². The highest BCUT2D eigenvalue weighted by atomic mass is 79.9. The van der Waals surface area contributed by atoms with Crippen molar-refractivity contribution in [1.82, 2.24) is 19.9 Å². The molecule has 1 fully saturated rings. The highest BCUT2D eigenvalue weighted by Crippen LogP contribution is 2.40. The quantitative estimate of drug-likeness (QED) is 0.417. The molecule has 0 bridgehead atoms. The van der Waals surface area contributed by atoms with E-state index < -0.39 is 17.8 Å². The molecule has 35 heavy (non-hydrogen) atoms. The molecule has 1 amide bonds. The summed E-state index contributed by atoms with van der Waals surface area (Å²) in [7, 11) is 0. The number of rotatable bonds is 5. The standard InChI is InChI=1S/C24H29BrN6O4/c1-24(2,3)35-22(32)29-16-7-5-9-30(13-16)20-17(25)12-28-21-19(20)18(14-31(21)23(33)34)27-11-15-6-4-8-26-10-15/h4,6,8,10,12,14,16,27H,5,7,9,11,13H2,1-3H3,(H,29,32)(H,33,34). The molecule has 1 unspecified atom stereocenters. The van der Waals surface area contributed by atoms with Crippen LogP contribution in [-0.4, -0.2) is 56.6 Å². The lowest BCUT2D eigenvalue weighted by atomic mass is 10.0. The van der Waals surface area contributed by atoms with E-state index in [1.165, 1.54) is 0 Å². The van der Waals surface area contributed by atoms with E-state index in [0.717, 1.165) is 39.7 Å². The van der Waals surface area contributed by atoms with Gasteiger partial charge in [0.2, 0.25) is 0 Å². The molecule has 3 N–H and O–H groups in total. The topological polar surface area (TPSA) is 122 Å². The number of pyridine rings is 2. The van der Waals surface area contributed by atoms with Crippen molar-refractivity contribution in [2.24, 2.45) is 0 Å². The minimum Gasteiger partial charge on any atom is -0.464 e. The normalized spacial score (nSPS) is 16.2. The van der Waals surface area contributed by atoms with Gasteiger partial charge in [0.1, 0.15) is 5.60 Å². The first-order valence-electron chi connectivity index (χ1n) is 11.4. The van der Waals surface area contributed by atoms with Crippen LogP contribution in [0.2, 0.25) is 0 Å². The van der Waals surface area contributed by atoms with Gasteiger partial charge in [0.25, 0.3) is 0 Å². The molecule has 1 atom stereocenters. The Kier molecular flexibility index (Phi) is 7.15. The third kappa shape index (κ3) is 5.84. The second-order valence-corrected chi connectivity index (χ2v) is 10.3. The predicted octanol–water partition coefficient (Wildman–Crippen LogP) is 4.83. The lowest BCUT2D eigenvalue weighted by Gasteiger charge is -2.36. The molecule has 0 aromatic carbocycles. The summed E-state index contributed by atoms with van der Waals surface area (Å²) >= 11 is 3.63.